The number of aromatic amines is 1. The summed E-state index contributed by atoms with van der Waals surface area (Å²) in [6.07, 6.45) is 0. The molecular formula is C14H11N3O2. The minimum absolute atomic E-state index is 0.320. The van der Waals surface area contributed by atoms with Crippen LogP contribution in [0.3, 0.4) is 0 Å². The zero-order valence-corrected chi connectivity index (χ0v) is 9.95. The number of nitrogens with one attached hydrogen (secondary N) is 1. The fourth-order valence-corrected chi connectivity index (χ4v) is 1.84. The molecule has 3 rings (SSSR count). The minimum atomic E-state index is 0.320. The largest absolute Gasteiger partial charge is 0.339 e. The normalized spacial score (nSPS) is 10.4. The molecule has 5 nitrogen and oxygen atoms in total. The van der Waals surface area contributed by atoms with Crippen molar-refractivity contribution in [1.82, 2.24) is 15.2 Å². The monoisotopic (exact) mass is 253 g/mol. The number of nitrogens with zero attached hydrogens (tertiary/aromatic N) is 2. The van der Waals surface area contributed by atoms with Gasteiger partial charge in [-0.3, -0.25) is 5.10 Å². The Morgan fingerprint density at radius 2 is 1.68 bits per heavy atom. The van der Waals surface area contributed by atoms with E-state index in [1.165, 1.54) is 0 Å². The summed E-state index contributed by atoms with van der Waals surface area (Å²) in [7, 11) is 0. The van der Waals surface area contributed by atoms with Crippen molar-refractivity contribution < 1.29 is 10.1 Å². The van der Waals surface area contributed by atoms with Crippen LogP contribution in [0.1, 0.15) is 0 Å². The van der Waals surface area contributed by atoms with Crippen molar-refractivity contribution in [2.75, 3.05) is 0 Å². The first-order valence-electron chi connectivity index (χ1n) is 5.77. The van der Waals surface area contributed by atoms with E-state index in [0.29, 0.717) is 23.0 Å². The maximum Gasteiger partial charge on any atom is 0.185 e. The average Bonchev–Trinajstić information content (AvgIpc) is 2.98. The highest BCUT2D eigenvalue weighted by Gasteiger charge is 2.12. The Morgan fingerprint density at radius 3 is 2.47 bits per heavy atom. The number of hydrogen-bond donors (Lipinski definition) is 2. The van der Waals surface area contributed by atoms with Crippen LogP contribution in [0.2, 0.25) is 0 Å². The molecule has 0 aliphatic carbocycles. The van der Waals surface area contributed by atoms with Gasteiger partial charge in [-0.2, -0.15) is 5.10 Å². The van der Waals surface area contributed by atoms with E-state index in [1.807, 2.05) is 36.4 Å². The fourth-order valence-electron chi connectivity index (χ4n) is 1.84. The van der Waals surface area contributed by atoms with Gasteiger partial charge in [0.25, 0.3) is 0 Å². The standard InChI is InChI=1S/C14H11N3O2/c18-19-12-9-5-4-8-11(12)14-15-13(16-17-14)10-6-2-1-3-7-10/h1-9,18H,(H,15,16,17). The first kappa shape index (κ1) is 11.4. The molecule has 0 fully saturated rings. The molecule has 0 saturated heterocycles. The van der Waals surface area contributed by atoms with Crippen LogP contribution in [0.5, 0.6) is 5.75 Å². The lowest BCUT2D eigenvalue weighted by Gasteiger charge is -2.01. The summed E-state index contributed by atoms with van der Waals surface area (Å²) in [6.45, 7) is 0. The predicted octanol–water partition coefficient (Wildman–Crippen LogP) is 2.99. The lowest BCUT2D eigenvalue weighted by Crippen LogP contribution is -1.89. The van der Waals surface area contributed by atoms with Crippen LogP contribution in [0.25, 0.3) is 22.8 Å². The predicted molar refractivity (Wildman–Crippen MR) is 70.5 cm³/mol. The van der Waals surface area contributed by atoms with Crippen LogP contribution in [0.15, 0.2) is 54.6 Å². The molecule has 19 heavy (non-hydrogen) atoms. The molecule has 0 unspecified atom stereocenters. The van der Waals surface area contributed by atoms with Crippen LogP contribution < -0.4 is 4.89 Å². The number of aromatic nitrogens is 3. The van der Waals surface area contributed by atoms with E-state index in [2.05, 4.69) is 20.1 Å². The van der Waals surface area contributed by atoms with Gasteiger partial charge in [-0.1, -0.05) is 42.5 Å². The lowest BCUT2D eigenvalue weighted by molar-refractivity contribution is -0.137. The van der Waals surface area contributed by atoms with Gasteiger partial charge in [0.1, 0.15) is 0 Å². The van der Waals surface area contributed by atoms with Gasteiger partial charge in [-0.15, -0.1) is 0 Å². The van der Waals surface area contributed by atoms with Gasteiger partial charge < -0.3 is 4.89 Å². The van der Waals surface area contributed by atoms with Crippen LogP contribution in [-0.2, 0) is 0 Å². The zero-order valence-electron chi connectivity index (χ0n) is 9.95. The second-order valence-corrected chi connectivity index (χ2v) is 3.96. The first-order chi connectivity index (χ1) is 9.38. The average molecular weight is 253 g/mol. The van der Waals surface area contributed by atoms with Crippen molar-refractivity contribution in [3.63, 3.8) is 0 Å². The molecule has 94 valence electrons. The molecule has 0 radical (unpaired) electrons. The molecular weight excluding hydrogens is 242 g/mol. The highest BCUT2D eigenvalue weighted by Crippen LogP contribution is 2.27. The van der Waals surface area contributed by atoms with Gasteiger partial charge in [0, 0.05) is 5.56 Å². The van der Waals surface area contributed by atoms with E-state index < -0.39 is 0 Å². The fraction of sp³-hybridized carbons (Fsp3) is 0. The zero-order chi connectivity index (χ0) is 13.1. The molecule has 0 bridgehead atoms. The Kier molecular flexibility index (Phi) is 2.96. The molecule has 5 heteroatoms. The molecule has 1 heterocycles. The van der Waals surface area contributed by atoms with Crippen molar-refractivity contribution in [3.8, 4) is 28.5 Å². The quantitative estimate of drug-likeness (QED) is 0.556. The maximum atomic E-state index is 8.84. The Bertz CT molecular complexity index is 680. The second kappa shape index (κ2) is 4.91. The molecule has 0 aliphatic heterocycles. The van der Waals surface area contributed by atoms with E-state index >= 15 is 0 Å². The number of para-hydroxylation sites is 1. The summed E-state index contributed by atoms with van der Waals surface area (Å²) in [5.74, 6) is 1.47. The van der Waals surface area contributed by atoms with Gasteiger partial charge in [0.2, 0.25) is 0 Å². The SMILES string of the molecule is OOc1ccccc1-c1n[nH]c(-c2ccccc2)n1. The first-order valence-corrected chi connectivity index (χ1v) is 5.77. The van der Waals surface area contributed by atoms with Crippen molar-refractivity contribution in [2.45, 2.75) is 0 Å². The van der Waals surface area contributed by atoms with Crippen LogP contribution in [0.4, 0.5) is 0 Å². The van der Waals surface area contributed by atoms with Gasteiger partial charge in [0.05, 0.1) is 5.56 Å². The lowest BCUT2D eigenvalue weighted by atomic mass is 10.2. The summed E-state index contributed by atoms with van der Waals surface area (Å²) < 4.78 is 0. The van der Waals surface area contributed by atoms with E-state index in [-0.39, 0.29) is 0 Å². The number of hydrogen-bond acceptors (Lipinski definition) is 4. The number of benzene rings is 2. The Balaban J connectivity index is 2.02. The van der Waals surface area contributed by atoms with Crippen LogP contribution in [-0.4, -0.2) is 20.4 Å². The Morgan fingerprint density at radius 1 is 0.947 bits per heavy atom. The second-order valence-electron chi connectivity index (χ2n) is 3.96. The van der Waals surface area contributed by atoms with Gasteiger partial charge in [-0.05, 0) is 12.1 Å². The van der Waals surface area contributed by atoms with E-state index in [1.54, 1.807) is 18.2 Å². The van der Waals surface area contributed by atoms with E-state index in [9.17, 15) is 0 Å². The third-order valence-corrected chi connectivity index (χ3v) is 2.76. The minimum Gasteiger partial charge on any atom is -0.339 e. The van der Waals surface area contributed by atoms with E-state index in [4.69, 9.17) is 5.26 Å². The van der Waals surface area contributed by atoms with Gasteiger partial charge in [-0.25, -0.2) is 10.2 Å². The molecule has 1 aromatic heterocycles. The van der Waals surface area contributed by atoms with Crippen molar-refractivity contribution in [3.05, 3.63) is 54.6 Å². The molecule has 0 atom stereocenters. The summed E-state index contributed by atoms with van der Waals surface area (Å²) in [5, 5.41) is 15.9. The summed E-state index contributed by atoms with van der Waals surface area (Å²) in [6, 6.07) is 16.7. The van der Waals surface area contributed by atoms with E-state index in [0.717, 1.165) is 5.56 Å². The van der Waals surface area contributed by atoms with Gasteiger partial charge in [0.15, 0.2) is 17.4 Å². The van der Waals surface area contributed by atoms with Crippen LogP contribution in [0, 0.1) is 0 Å². The molecule has 3 aromatic rings. The number of H-pyrrole nitrogens is 1. The van der Waals surface area contributed by atoms with Crippen LogP contribution >= 0.6 is 0 Å². The summed E-state index contributed by atoms with van der Waals surface area (Å²) in [4.78, 5) is 8.72. The molecule has 0 saturated carbocycles. The number of rotatable bonds is 3. The maximum absolute atomic E-state index is 8.84. The molecule has 2 aromatic carbocycles. The molecule has 0 spiro atoms. The highest BCUT2D eigenvalue weighted by atomic mass is 17.1. The molecule has 0 amide bonds. The summed E-state index contributed by atoms with van der Waals surface area (Å²) >= 11 is 0. The Hall–Kier alpha value is -2.66. The third-order valence-electron chi connectivity index (χ3n) is 2.76. The summed E-state index contributed by atoms with van der Waals surface area (Å²) in [5.41, 5.74) is 1.58. The Labute approximate surface area is 109 Å². The molecule has 2 N–H and O–H groups in total. The topological polar surface area (TPSA) is 71.0 Å². The highest BCUT2D eigenvalue weighted by molar-refractivity contribution is 5.66. The van der Waals surface area contributed by atoms with Crippen molar-refractivity contribution in [2.24, 2.45) is 0 Å². The molecule has 0 aliphatic rings. The third kappa shape index (κ3) is 2.19. The van der Waals surface area contributed by atoms with Crippen molar-refractivity contribution in [1.29, 1.82) is 0 Å². The smallest absolute Gasteiger partial charge is 0.185 e. The van der Waals surface area contributed by atoms with Gasteiger partial charge >= 0.3 is 0 Å². The van der Waals surface area contributed by atoms with Crippen molar-refractivity contribution >= 4 is 0 Å².